The van der Waals surface area contributed by atoms with Crippen molar-refractivity contribution in [3.05, 3.63) is 0 Å². The van der Waals surface area contributed by atoms with Gasteiger partial charge in [0.2, 0.25) is 0 Å². The molecule has 0 amide bonds. The number of carbonyl (C=O) groups excluding carboxylic acids is 1. The molecule has 6 nitrogen and oxygen atoms in total. The summed E-state index contributed by atoms with van der Waals surface area (Å²) in [5.74, 6) is -2.76. The van der Waals surface area contributed by atoms with E-state index in [0.717, 1.165) is 19.3 Å². The Balaban J connectivity index is 3.75. The molecule has 0 spiro atoms. The number of ether oxygens (including phenoxy) is 1. The van der Waals surface area contributed by atoms with Crippen LogP contribution in [0.5, 0.6) is 0 Å². The molecule has 0 heterocycles. The van der Waals surface area contributed by atoms with E-state index >= 15 is 0 Å². The second-order valence-electron chi connectivity index (χ2n) is 3.46. The van der Waals surface area contributed by atoms with Crippen molar-refractivity contribution in [3.63, 3.8) is 0 Å². The highest BCUT2D eigenvalue weighted by Crippen LogP contribution is 2.01. The van der Waals surface area contributed by atoms with Gasteiger partial charge in [0.25, 0.3) is 0 Å². The van der Waals surface area contributed by atoms with Crippen LogP contribution in [-0.4, -0.2) is 46.1 Å². The summed E-state index contributed by atoms with van der Waals surface area (Å²) in [5.41, 5.74) is 0. The highest BCUT2D eigenvalue weighted by molar-refractivity contribution is 5.84. The zero-order valence-corrected chi connectivity index (χ0v) is 9.26. The first-order chi connectivity index (χ1) is 7.50. The molecule has 0 fully saturated rings. The molecule has 0 aliphatic heterocycles. The van der Waals surface area contributed by atoms with Gasteiger partial charge < -0.3 is 20.1 Å². The molecule has 0 radical (unpaired) electrons. The largest absolute Gasteiger partial charge is 0.479 e. The lowest BCUT2D eigenvalue weighted by Crippen LogP contribution is -2.40. The zero-order chi connectivity index (χ0) is 12.6. The van der Waals surface area contributed by atoms with Crippen LogP contribution < -0.4 is 0 Å². The molecule has 0 bridgehead atoms. The summed E-state index contributed by atoms with van der Waals surface area (Å²) in [6.45, 7) is 2.17. The lowest BCUT2D eigenvalue weighted by atomic mass is 10.2. The Morgan fingerprint density at radius 3 is 2.25 bits per heavy atom. The van der Waals surface area contributed by atoms with E-state index in [4.69, 9.17) is 15.3 Å². The van der Waals surface area contributed by atoms with Crippen LogP contribution in [0.2, 0.25) is 0 Å². The number of rotatable bonds is 8. The van der Waals surface area contributed by atoms with E-state index in [-0.39, 0.29) is 6.61 Å². The van der Waals surface area contributed by atoms with Crippen molar-refractivity contribution in [1.82, 2.24) is 0 Å². The molecule has 0 rings (SSSR count). The first-order valence-electron chi connectivity index (χ1n) is 5.26. The summed E-state index contributed by atoms with van der Waals surface area (Å²) in [6, 6.07) is 0. The zero-order valence-electron chi connectivity index (χ0n) is 9.26. The molecule has 0 saturated heterocycles. The maximum atomic E-state index is 11.0. The van der Waals surface area contributed by atoms with Crippen molar-refractivity contribution >= 4 is 11.9 Å². The molecule has 6 heteroatoms. The van der Waals surface area contributed by atoms with Gasteiger partial charge in [-0.25, -0.2) is 9.59 Å². The minimum atomic E-state index is -2.14. The quantitative estimate of drug-likeness (QED) is 0.400. The first-order valence-corrected chi connectivity index (χ1v) is 5.26. The number of carboxylic acid groups (broad SMARTS) is 1. The van der Waals surface area contributed by atoms with E-state index in [2.05, 4.69) is 4.74 Å². The van der Waals surface area contributed by atoms with Gasteiger partial charge in [0.15, 0.2) is 12.2 Å². The highest BCUT2D eigenvalue weighted by atomic mass is 16.5. The molecule has 0 aromatic rings. The second-order valence-corrected chi connectivity index (χ2v) is 3.46. The predicted octanol–water partition coefficient (Wildman–Crippen LogP) is -0.0837. The van der Waals surface area contributed by atoms with E-state index in [1.165, 1.54) is 0 Å². The van der Waals surface area contributed by atoms with Gasteiger partial charge in [-0.2, -0.15) is 0 Å². The normalized spacial score (nSPS) is 14.2. The van der Waals surface area contributed by atoms with Gasteiger partial charge in [0.05, 0.1) is 6.61 Å². The molecule has 16 heavy (non-hydrogen) atoms. The molecule has 0 aliphatic rings. The summed E-state index contributed by atoms with van der Waals surface area (Å²) in [4.78, 5) is 21.3. The van der Waals surface area contributed by atoms with Crippen LogP contribution >= 0.6 is 0 Å². The van der Waals surface area contributed by atoms with Gasteiger partial charge in [-0.05, 0) is 6.42 Å². The third-order valence-electron chi connectivity index (χ3n) is 2.04. The standard InChI is InChI=1S/C10H18O6/c1-2-3-4-5-6-16-10(15)8(12)7(11)9(13)14/h7-8,11-12H,2-6H2,1H3,(H,13,14)/t7-,8-/m0/s1. The van der Waals surface area contributed by atoms with Gasteiger partial charge >= 0.3 is 11.9 Å². The van der Waals surface area contributed by atoms with Crippen LogP contribution in [0.25, 0.3) is 0 Å². The second kappa shape index (κ2) is 8.06. The van der Waals surface area contributed by atoms with E-state index in [1.807, 2.05) is 6.92 Å². The molecular formula is C10H18O6. The van der Waals surface area contributed by atoms with Crippen LogP contribution in [0, 0.1) is 0 Å². The van der Waals surface area contributed by atoms with Crippen molar-refractivity contribution in [2.75, 3.05) is 6.61 Å². The molecule has 3 N–H and O–H groups in total. The molecule has 0 saturated carbocycles. The molecule has 0 aliphatic carbocycles. The minimum absolute atomic E-state index is 0.127. The minimum Gasteiger partial charge on any atom is -0.479 e. The van der Waals surface area contributed by atoms with Crippen molar-refractivity contribution in [1.29, 1.82) is 0 Å². The topological polar surface area (TPSA) is 104 Å². The monoisotopic (exact) mass is 234 g/mol. The first kappa shape index (κ1) is 14.9. The highest BCUT2D eigenvalue weighted by Gasteiger charge is 2.31. The Morgan fingerprint density at radius 1 is 1.12 bits per heavy atom. The van der Waals surface area contributed by atoms with Crippen LogP contribution in [0.1, 0.15) is 32.6 Å². The molecule has 94 valence electrons. The Bertz CT molecular complexity index is 227. The molecular weight excluding hydrogens is 216 g/mol. The Labute approximate surface area is 93.8 Å². The number of carbonyl (C=O) groups is 2. The smallest absolute Gasteiger partial charge is 0.338 e. The lowest BCUT2D eigenvalue weighted by molar-refractivity contribution is -0.169. The van der Waals surface area contributed by atoms with Gasteiger partial charge in [0.1, 0.15) is 0 Å². The van der Waals surface area contributed by atoms with Crippen molar-refractivity contribution in [2.24, 2.45) is 0 Å². The number of hydrogen-bond donors (Lipinski definition) is 3. The summed E-state index contributed by atoms with van der Waals surface area (Å²) >= 11 is 0. The van der Waals surface area contributed by atoms with Crippen molar-refractivity contribution < 1.29 is 29.6 Å². The van der Waals surface area contributed by atoms with Gasteiger partial charge in [-0.15, -0.1) is 0 Å². The number of unbranched alkanes of at least 4 members (excludes halogenated alkanes) is 3. The van der Waals surface area contributed by atoms with Crippen LogP contribution in [0.3, 0.4) is 0 Å². The maximum absolute atomic E-state index is 11.0. The number of aliphatic hydroxyl groups is 2. The summed E-state index contributed by atoms with van der Waals surface area (Å²) < 4.78 is 4.61. The molecule has 0 aromatic heterocycles. The van der Waals surface area contributed by atoms with E-state index in [9.17, 15) is 9.59 Å². The fourth-order valence-corrected chi connectivity index (χ4v) is 1.05. The summed E-state index contributed by atoms with van der Waals surface area (Å²) in [6.07, 6.45) is -0.519. The van der Waals surface area contributed by atoms with Crippen LogP contribution in [0.15, 0.2) is 0 Å². The maximum Gasteiger partial charge on any atom is 0.338 e. The number of aliphatic hydroxyl groups excluding tert-OH is 2. The molecule has 0 aromatic carbocycles. The Morgan fingerprint density at radius 2 is 1.75 bits per heavy atom. The van der Waals surface area contributed by atoms with E-state index < -0.39 is 24.1 Å². The Hall–Kier alpha value is -1.14. The summed E-state index contributed by atoms with van der Waals surface area (Å²) in [7, 11) is 0. The fourth-order valence-electron chi connectivity index (χ4n) is 1.05. The van der Waals surface area contributed by atoms with Gasteiger partial charge in [-0.3, -0.25) is 0 Å². The van der Waals surface area contributed by atoms with Crippen LogP contribution in [-0.2, 0) is 14.3 Å². The number of esters is 1. The number of aliphatic carboxylic acids is 1. The van der Waals surface area contributed by atoms with Crippen LogP contribution in [0.4, 0.5) is 0 Å². The SMILES string of the molecule is CCCCCCOC(=O)[C@@H](O)[C@H](O)C(=O)O. The molecule has 0 unspecified atom stereocenters. The van der Waals surface area contributed by atoms with E-state index in [1.54, 1.807) is 0 Å². The molecule has 2 atom stereocenters. The summed E-state index contributed by atoms with van der Waals surface area (Å²) in [5, 5.41) is 26.2. The Kier molecular flexibility index (Phi) is 7.49. The average molecular weight is 234 g/mol. The third kappa shape index (κ3) is 5.67. The number of carboxylic acids is 1. The third-order valence-corrected chi connectivity index (χ3v) is 2.04. The van der Waals surface area contributed by atoms with Crippen molar-refractivity contribution in [2.45, 2.75) is 44.8 Å². The fraction of sp³-hybridized carbons (Fsp3) is 0.800. The average Bonchev–Trinajstić information content (AvgIpc) is 2.26. The number of hydrogen-bond acceptors (Lipinski definition) is 5. The van der Waals surface area contributed by atoms with Gasteiger partial charge in [0, 0.05) is 0 Å². The predicted molar refractivity (Wildman–Crippen MR) is 54.8 cm³/mol. The van der Waals surface area contributed by atoms with Gasteiger partial charge in [-0.1, -0.05) is 26.2 Å². The van der Waals surface area contributed by atoms with Crippen molar-refractivity contribution in [3.8, 4) is 0 Å². The lowest BCUT2D eigenvalue weighted by Gasteiger charge is -2.12. The van der Waals surface area contributed by atoms with E-state index in [0.29, 0.717) is 6.42 Å².